The number of ether oxygens (including phenoxy) is 1. The Morgan fingerprint density at radius 3 is 1.65 bits per heavy atom. The number of unbranched alkanes of at least 4 members (excludes halogenated alkanes) is 10. The zero-order valence-corrected chi connectivity index (χ0v) is 12.0. The first-order chi connectivity index (χ1) is 8.41. The molecular formula is C16H33O. The molecule has 0 heterocycles. The molecule has 0 aromatic carbocycles. The molecule has 0 saturated heterocycles. The predicted octanol–water partition coefficient (Wildman–Crippen LogP) is 5.54. The molecule has 0 aliphatic heterocycles. The van der Waals surface area contributed by atoms with E-state index in [2.05, 4.69) is 13.8 Å². The minimum Gasteiger partial charge on any atom is -0.381 e. The van der Waals surface area contributed by atoms with Crippen LogP contribution in [0.5, 0.6) is 0 Å². The number of hydrogen-bond donors (Lipinski definition) is 0. The van der Waals surface area contributed by atoms with Gasteiger partial charge in [-0.2, -0.15) is 0 Å². The highest BCUT2D eigenvalue weighted by atomic mass is 16.5. The standard InChI is InChI=1S/C16H33O/c1-3-5-7-9-10-11-12-14-16-17-15-13-8-6-4-2/h1,3-16H2,2H3. The van der Waals surface area contributed by atoms with Crippen molar-refractivity contribution in [1.82, 2.24) is 0 Å². The first kappa shape index (κ1) is 17.0. The molecule has 103 valence electrons. The van der Waals surface area contributed by atoms with Crippen molar-refractivity contribution >= 4 is 0 Å². The highest BCUT2D eigenvalue weighted by Crippen LogP contribution is 2.08. The summed E-state index contributed by atoms with van der Waals surface area (Å²) >= 11 is 0. The van der Waals surface area contributed by atoms with Crippen LogP contribution in [0.2, 0.25) is 0 Å². The van der Waals surface area contributed by atoms with E-state index in [0.717, 1.165) is 19.6 Å². The monoisotopic (exact) mass is 241 g/mol. The Balaban J connectivity index is 2.85. The Kier molecular flexibility index (Phi) is 15.9. The molecule has 1 nitrogen and oxygen atoms in total. The number of rotatable bonds is 14. The third-order valence-electron chi connectivity index (χ3n) is 3.18. The van der Waals surface area contributed by atoms with Crippen molar-refractivity contribution in [3.05, 3.63) is 6.92 Å². The van der Waals surface area contributed by atoms with Gasteiger partial charge in [0.15, 0.2) is 0 Å². The molecule has 0 aliphatic carbocycles. The van der Waals surface area contributed by atoms with Crippen LogP contribution in [-0.2, 0) is 4.74 Å². The summed E-state index contributed by atoms with van der Waals surface area (Å²) in [5, 5.41) is 0. The quantitative estimate of drug-likeness (QED) is 0.363. The van der Waals surface area contributed by atoms with Crippen LogP contribution >= 0.6 is 0 Å². The molecule has 0 aromatic heterocycles. The molecular weight excluding hydrogens is 208 g/mol. The molecule has 0 bridgehead atoms. The third-order valence-corrected chi connectivity index (χ3v) is 3.18. The second-order valence-corrected chi connectivity index (χ2v) is 5.00. The van der Waals surface area contributed by atoms with E-state index in [1.807, 2.05) is 0 Å². The molecule has 0 aliphatic rings. The van der Waals surface area contributed by atoms with Crippen molar-refractivity contribution in [2.45, 2.75) is 84.0 Å². The molecule has 1 heteroatoms. The van der Waals surface area contributed by atoms with Crippen LogP contribution in [0.25, 0.3) is 0 Å². The van der Waals surface area contributed by atoms with Gasteiger partial charge in [0.05, 0.1) is 0 Å². The number of hydrogen-bond acceptors (Lipinski definition) is 1. The van der Waals surface area contributed by atoms with Crippen molar-refractivity contribution in [2.24, 2.45) is 0 Å². The van der Waals surface area contributed by atoms with Gasteiger partial charge < -0.3 is 4.74 Å². The van der Waals surface area contributed by atoms with Gasteiger partial charge in [0.1, 0.15) is 0 Å². The first-order valence-electron chi connectivity index (χ1n) is 7.78. The van der Waals surface area contributed by atoms with Gasteiger partial charge in [0, 0.05) is 13.2 Å². The lowest BCUT2D eigenvalue weighted by Crippen LogP contribution is -1.97. The van der Waals surface area contributed by atoms with E-state index in [4.69, 9.17) is 4.74 Å². The zero-order chi connectivity index (χ0) is 12.6. The molecule has 1 radical (unpaired) electrons. The maximum absolute atomic E-state index is 5.62. The predicted molar refractivity (Wildman–Crippen MR) is 77.3 cm³/mol. The fraction of sp³-hybridized carbons (Fsp3) is 0.938. The van der Waals surface area contributed by atoms with Gasteiger partial charge in [-0.25, -0.2) is 0 Å². The van der Waals surface area contributed by atoms with Crippen molar-refractivity contribution in [3.63, 3.8) is 0 Å². The minimum absolute atomic E-state index is 0.976. The van der Waals surface area contributed by atoms with E-state index < -0.39 is 0 Å². The van der Waals surface area contributed by atoms with Gasteiger partial charge in [-0.05, 0) is 12.8 Å². The second-order valence-electron chi connectivity index (χ2n) is 5.00. The maximum atomic E-state index is 5.62. The fourth-order valence-electron chi connectivity index (χ4n) is 2.00. The molecule has 0 atom stereocenters. The van der Waals surface area contributed by atoms with E-state index in [0.29, 0.717) is 0 Å². The molecule has 0 spiro atoms. The lowest BCUT2D eigenvalue weighted by molar-refractivity contribution is 0.125. The Labute approximate surface area is 109 Å². The summed E-state index contributed by atoms with van der Waals surface area (Å²) in [6.45, 7) is 8.06. The Bertz CT molecular complexity index is 109. The average Bonchev–Trinajstić information content (AvgIpc) is 2.35. The van der Waals surface area contributed by atoms with E-state index in [1.54, 1.807) is 0 Å². The van der Waals surface area contributed by atoms with E-state index in [-0.39, 0.29) is 0 Å². The summed E-state index contributed by atoms with van der Waals surface area (Å²) in [4.78, 5) is 0. The van der Waals surface area contributed by atoms with Gasteiger partial charge in [-0.3, -0.25) is 0 Å². The van der Waals surface area contributed by atoms with Crippen LogP contribution in [0.4, 0.5) is 0 Å². The van der Waals surface area contributed by atoms with Gasteiger partial charge in [0.25, 0.3) is 0 Å². The van der Waals surface area contributed by atoms with Crippen LogP contribution in [0.1, 0.15) is 84.0 Å². The summed E-state index contributed by atoms with van der Waals surface area (Å²) in [5.74, 6) is 0. The molecule has 0 unspecified atom stereocenters. The molecule has 0 amide bonds. The van der Waals surface area contributed by atoms with Crippen LogP contribution in [-0.4, -0.2) is 13.2 Å². The lowest BCUT2D eigenvalue weighted by Gasteiger charge is -2.04. The maximum Gasteiger partial charge on any atom is 0.0466 e. The Morgan fingerprint density at radius 1 is 0.647 bits per heavy atom. The van der Waals surface area contributed by atoms with Crippen LogP contribution in [0.15, 0.2) is 0 Å². The average molecular weight is 241 g/mol. The van der Waals surface area contributed by atoms with Gasteiger partial charge in [-0.15, -0.1) is 0 Å². The fourth-order valence-corrected chi connectivity index (χ4v) is 2.00. The van der Waals surface area contributed by atoms with Crippen molar-refractivity contribution in [3.8, 4) is 0 Å². The molecule has 0 aromatic rings. The van der Waals surface area contributed by atoms with E-state index >= 15 is 0 Å². The SMILES string of the molecule is [CH2]CCCCCCCCCOCCCCCC. The summed E-state index contributed by atoms with van der Waals surface area (Å²) in [6, 6.07) is 0. The first-order valence-corrected chi connectivity index (χ1v) is 7.78. The van der Waals surface area contributed by atoms with Crippen molar-refractivity contribution in [1.29, 1.82) is 0 Å². The second kappa shape index (κ2) is 16.0. The Morgan fingerprint density at radius 2 is 1.12 bits per heavy atom. The van der Waals surface area contributed by atoms with E-state index in [9.17, 15) is 0 Å². The van der Waals surface area contributed by atoms with Crippen LogP contribution in [0, 0.1) is 6.92 Å². The van der Waals surface area contributed by atoms with Gasteiger partial charge in [0.2, 0.25) is 0 Å². The van der Waals surface area contributed by atoms with Crippen molar-refractivity contribution < 1.29 is 4.74 Å². The summed E-state index contributed by atoms with van der Waals surface area (Å²) in [5.41, 5.74) is 0. The summed E-state index contributed by atoms with van der Waals surface area (Å²) < 4.78 is 5.62. The topological polar surface area (TPSA) is 9.23 Å². The molecule has 0 fully saturated rings. The van der Waals surface area contributed by atoms with Crippen molar-refractivity contribution in [2.75, 3.05) is 13.2 Å². The van der Waals surface area contributed by atoms with E-state index in [1.165, 1.54) is 70.6 Å². The highest BCUT2D eigenvalue weighted by Gasteiger charge is 1.92. The smallest absolute Gasteiger partial charge is 0.0466 e. The lowest BCUT2D eigenvalue weighted by atomic mass is 10.1. The molecule has 0 N–H and O–H groups in total. The molecule has 0 saturated carbocycles. The summed E-state index contributed by atoms with van der Waals surface area (Å²) in [7, 11) is 0. The van der Waals surface area contributed by atoms with Crippen LogP contribution in [0.3, 0.4) is 0 Å². The minimum atomic E-state index is 0.976. The molecule has 17 heavy (non-hydrogen) atoms. The zero-order valence-electron chi connectivity index (χ0n) is 12.0. The normalized spacial score (nSPS) is 10.9. The van der Waals surface area contributed by atoms with Gasteiger partial charge in [-0.1, -0.05) is 78.1 Å². The molecule has 0 rings (SSSR count). The Hall–Kier alpha value is -0.0400. The third kappa shape index (κ3) is 16.0. The van der Waals surface area contributed by atoms with Crippen LogP contribution < -0.4 is 0 Å². The highest BCUT2D eigenvalue weighted by molar-refractivity contribution is 4.47. The van der Waals surface area contributed by atoms with Gasteiger partial charge >= 0.3 is 0 Å². The largest absolute Gasteiger partial charge is 0.381 e. The summed E-state index contributed by atoms with van der Waals surface area (Å²) in [6.07, 6.45) is 15.8.